The largest absolute Gasteiger partial charge is 0.497 e. The number of fused-ring (bicyclic) bond motifs is 2. The zero-order valence-electron chi connectivity index (χ0n) is 28.7. The van der Waals surface area contributed by atoms with Crippen molar-refractivity contribution in [3.8, 4) is 11.6 Å². The summed E-state index contributed by atoms with van der Waals surface area (Å²) in [5, 5.41) is 3.59. The molecule has 0 saturated carbocycles. The highest BCUT2D eigenvalue weighted by molar-refractivity contribution is 7.48. The van der Waals surface area contributed by atoms with Gasteiger partial charge < -0.3 is 19.5 Å². The van der Waals surface area contributed by atoms with Crippen LogP contribution in [0.25, 0.3) is 11.2 Å². The predicted octanol–water partition coefficient (Wildman–Crippen LogP) is 7.51. The number of phosphoric ester groups is 1. The Morgan fingerprint density at radius 3 is 2.22 bits per heavy atom. The second-order valence-corrected chi connectivity index (χ2v) is 14.3. The summed E-state index contributed by atoms with van der Waals surface area (Å²) in [6.45, 7) is 5.44. The molecule has 2 saturated heterocycles. The van der Waals surface area contributed by atoms with Crippen molar-refractivity contribution in [2.45, 2.75) is 63.2 Å². The molecule has 5 atom stereocenters. The highest BCUT2D eigenvalue weighted by Crippen LogP contribution is 2.63. The quantitative estimate of drug-likeness (QED) is 0.108. The fraction of sp³-hybridized carbons (Fsp3) is 0.361. The van der Waals surface area contributed by atoms with E-state index in [0.29, 0.717) is 5.75 Å². The molecule has 51 heavy (non-hydrogen) atoms. The van der Waals surface area contributed by atoms with Gasteiger partial charge in [-0.05, 0) is 56.5 Å². The number of hydrogen-bond donors (Lipinski definition) is 1. The molecule has 1 N–H and O–H groups in total. The number of anilines is 1. The van der Waals surface area contributed by atoms with E-state index in [1.54, 1.807) is 27.9 Å². The molecule has 5 aromatic rings. The molecular formula is C36H38F2N5O7P. The third-order valence-electron chi connectivity index (χ3n) is 8.85. The van der Waals surface area contributed by atoms with Crippen LogP contribution < -0.4 is 14.8 Å². The van der Waals surface area contributed by atoms with Crippen molar-refractivity contribution in [3.05, 3.63) is 108 Å². The van der Waals surface area contributed by atoms with Gasteiger partial charge in [0.15, 0.2) is 29.2 Å². The lowest BCUT2D eigenvalue weighted by Crippen LogP contribution is -2.51. The van der Waals surface area contributed by atoms with Crippen molar-refractivity contribution in [1.29, 1.82) is 0 Å². The Morgan fingerprint density at radius 2 is 1.63 bits per heavy atom. The highest BCUT2D eigenvalue weighted by Gasteiger charge is 2.70. The molecule has 268 valence electrons. The van der Waals surface area contributed by atoms with Crippen LogP contribution in [0.5, 0.6) is 11.6 Å². The van der Waals surface area contributed by atoms with Gasteiger partial charge in [-0.25, -0.2) is 18.3 Å². The summed E-state index contributed by atoms with van der Waals surface area (Å²) in [5.74, 6) is -1.93. The summed E-state index contributed by atoms with van der Waals surface area (Å²) in [5.41, 5.74) is -0.853. The Labute approximate surface area is 293 Å². The number of imidazole rings is 1. The number of rotatable bonds is 11. The Morgan fingerprint density at radius 1 is 1.00 bits per heavy atom. The summed E-state index contributed by atoms with van der Waals surface area (Å²) in [7, 11) is -2.70. The van der Waals surface area contributed by atoms with Gasteiger partial charge in [0.05, 0.1) is 26.1 Å². The molecule has 2 fully saturated rings. The molecule has 0 amide bonds. The van der Waals surface area contributed by atoms with Crippen LogP contribution in [0.3, 0.4) is 0 Å². The lowest BCUT2D eigenvalue weighted by Gasteiger charge is -2.37. The number of methoxy groups -OCH3 is 1. The van der Waals surface area contributed by atoms with Gasteiger partial charge in [0.2, 0.25) is 11.8 Å². The van der Waals surface area contributed by atoms with Crippen molar-refractivity contribution in [2.75, 3.05) is 25.6 Å². The van der Waals surface area contributed by atoms with E-state index < -0.39 is 49.9 Å². The van der Waals surface area contributed by atoms with E-state index in [-0.39, 0.29) is 29.6 Å². The van der Waals surface area contributed by atoms with Gasteiger partial charge in [0, 0.05) is 0 Å². The topological polar surface area (TPSA) is 128 Å². The molecule has 0 aliphatic carbocycles. The van der Waals surface area contributed by atoms with Gasteiger partial charge in [-0.1, -0.05) is 72.8 Å². The standard InChI is InChI=1S/C36H38F2N5O7P/c1-6-46-30-28-29(43(22-39-28)32-34(4,37)31-35(38,48-32)21-47-51(44,50-31)49-23(2)3)40-33(41-30)42-36(24-13-9-7-10-14-24,25-15-11-8-12-16-25)26-17-19-27(45-5)20-18-26/h7-20,22-23,31-32H,6,21H2,1-5H3,(H,40,41,42)/t31-,32+,34+,35+,51+/m0/s1. The molecule has 3 aromatic carbocycles. The molecule has 2 aromatic heterocycles. The Bertz CT molecular complexity index is 2010. The molecule has 2 aliphatic heterocycles. The monoisotopic (exact) mass is 721 g/mol. The summed E-state index contributed by atoms with van der Waals surface area (Å²) < 4.78 is 80.6. The number of hydrogen-bond acceptors (Lipinski definition) is 11. The molecule has 7 rings (SSSR count). The lowest BCUT2D eigenvalue weighted by molar-refractivity contribution is -0.220. The van der Waals surface area contributed by atoms with Crippen LogP contribution in [-0.2, 0) is 28.4 Å². The first kappa shape index (κ1) is 35.0. The minimum absolute atomic E-state index is 0.0827. The van der Waals surface area contributed by atoms with E-state index in [2.05, 4.69) is 10.3 Å². The fourth-order valence-corrected chi connectivity index (χ4v) is 8.27. The number of ether oxygens (including phenoxy) is 3. The average Bonchev–Trinajstić information content (AvgIpc) is 3.63. The van der Waals surface area contributed by atoms with Crippen LogP contribution >= 0.6 is 7.82 Å². The zero-order chi connectivity index (χ0) is 36.0. The Balaban J connectivity index is 1.38. The minimum Gasteiger partial charge on any atom is -0.497 e. The van der Waals surface area contributed by atoms with Crippen molar-refractivity contribution in [3.63, 3.8) is 0 Å². The predicted molar refractivity (Wildman–Crippen MR) is 184 cm³/mol. The third kappa shape index (κ3) is 6.14. The first-order chi connectivity index (χ1) is 24.4. The van der Waals surface area contributed by atoms with Crippen LogP contribution in [0.2, 0.25) is 0 Å². The van der Waals surface area contributed by atoms with E-state index in [1.165, 1.54) is 10.9 Å². The number of alkyl halides is 2. The van der Waals surface area contributed by atoms with E-state index in [0.717, 1.165) is 23.6 Å². The van der Waals surface area contributed by atoms with Crippen molar-refractivity contribution in [2.24, 2.45) is 0 Å². The van der Waals surface area contributed by atoms with E-state index in [9.17, 15) is 4.57 Å². The number of nitrogens with one attached hydrogen (secondary N) is 1. The van der Waals surface area contributed by atoms with Gasteiger partial charge >= 0.3 is 7.82 Å². The van der Waals surface area contributed by atoms with Crippen LogP contribution in [-0.4, -0.2) is 63.6 Å². The first-order valence-electron chi connectivity index (χ1n) is 16.5. The second-order valence-electron chi connectivity index (χ2n) is 12.7. The number of halogens is 2. The minimum atomic E-state index is -4.30. The molecule has 0 radical (unpaired) electrons. The molecular weight excluding hydrogens is 683 g/mol. The molecule has 2 aliphatic rings. The Hall–Kier alpha value is -4.46. The first-order valence-corrected chi connectivity index (χ1v) is 18.0. The molecule has 4 heterocycles. The molecule has 0 spiro atoms. The number of phosphoric acid groups is 1. The summed E-state index contributed by atoms with van der Waals surface area (Å²) in [6, 6.07) is 27.2. The van der Waals surface area contributed by atoms with E-state index in [1.807, 2.05) is 84.9 Å². The summed E-state index contributed by atoms with van der Waals surface area (Å²) in [6.07, 6.45) is -2.97. The van der Waals surface area contributed by atoms with E-state index >= 15 is 8.78 Å². The second kappa shape index (κ2) is 13.3. The van der Waals surface area contributed by atoms with Crippen LogP contribution in [0.4, 0.5) is 14.7 Å². The van der Waals surface area contributed by atoms with Gasteiger partial charge in [-0.2, -0.15) is 9.97 Å². The summed E-state index contributed by atoms with van der Waals surface area (Å²) in [4.78, 5) is 14.0. The van der Waals surface area contributed by atoms with E-state index in [4.69, 9.17) is 37.7 Å². The molecule has 12 nitrogen and oxygen atoms in total. The van der Waals surface area contributed by atoms with Crippen molar-refractivity contribution >= 4 is 24.9 Å². The zero-order valence-corrected chi connectivity index (χ0v) is 29.6. The number of benzene rings is 3. The normalized spacial score (nSPS) is 26.3. The lowest BCUT2D eigenvalue weighted by atomic mass is 9.77. The highest BCUT2D eigenvalue weighted by atomic mass is 31.2. The summed E-state index contributed by atoms with van der Waals surface area (Å²) >= 11 is 0. The number of aromatic nitrogens is 4. The van der Waals surface area contributed by atoms with Crippen molar-refractivity contribution in [1.82, 2.24) is 19.5 Å². The average molecular weight is 722 g/mol. The maximum atomic E-state index is 16.9. The molecule has 0 bridgehead atoms. The van der Waals surface area contributed by atoms with Gasteiger partial charge in [0.25, 0.3) is 5.85 Å². The SMILES string of the molecule is CCOc1nc(NC(c2ccccc2)(c2ccccc2)c2ccc(OC)cc2)nc2c1ncn2[C@@H]1O[C@]2(F)CO[P@](=O)(OC(C)C)O[C@H]2[C@@]1(C)F. The maximum absolute atomic E-state index is 16.9. The smallest absolute Gasteiger partial charge is 0.475 e. The third-order valence-corrected chi connectivity index (χ3v) is 10.4. The van der Waals surface area contributed by atoms with Crippen LogP contribution in [0, 0.1) is 0 Å². The van der Waals surface area contributed by atoms with Gasteiger partial charge in [0.1, 0.15) is 17.9 Å². The Kier molecular flexibility index (Phi) is 9.09. The molecule has 0 unspecified atom stereocenters. The van der Waals surface area contributed by atoms with Crippen LogP contribution in [0.15, 0.2) is 91.3 Å². The molecule has 15 heteroatoms. The van der Waals surface area contributed by atoms with Crippen LogP contribution in [0.1, 0.15) is 50.6 Å². The fourth-order valence-electron chi connectivity index (χ4n) is 6.63. The maximum Gasteiger partial charge on any atom is 0.475 e. The van der Waals surface area contributed by atoms with Crippen molar-refractivity contribution < 1.29 is 41.1 Å². The van der Waals surface area contributed by atoms with Gasteiger partial charge in [-0.3, -0.25) is 18.1 Å². The number of nitrogens with zero attached hydrogens (tertiary/aromatic N) is 4. The van der Waals surface area contributed by atoms with Gasteiger partial charge in [-0.15, -0.1) is 0 Å².